The fourth-order valence-electron chi connectivity index (χ4n) is 2.80. The van der Waals surface area contributed by atoms with E-state index < -0.39 is 5.91 Å². The normalized spacial score (nSPS) is 10.5. The van der Waals surface area contributed by atoms with Crippen LogP contribution in [0, 0.1) is 11.3 Å². The number of hydrogen-bond donors (Lipinski definition) is 0. The number of fused-ring (bicyclic) bond motifs is 1. The molecule has 0 aliphatic rings. The van der Waals surface area contributed by atoms with Crippen molar-refractivity contribution in [2.75, 3.05) is 13.6 Å². The fourth-order valence-corrected chi connectivity index (χ4v) is 2.80. The number of aromatic nitrogens is 2. The summed E-state index contributed by atoms with van der Waals surface area (Å²) in [6, 6.07) is 16.8. The van der Waals surface area contributed by atoms with Gasteiger partial charge in [-0.15, -0.1) is 0 Å². The van der Waals surface area contributed by atoms with Crippen LogP contribution in [0.4, 0.5) is 0 Å². The van der Waals surface area contributed by atoms with E-state index in [1.54, 1.807) is 25.4 Å². The molecular formula is C20H18N4O2. The summed E-state index contributed by atoms with van der Waals surface area (Å²) in [6.45, 7) is 0.606. The van der Waals surface area contributed by atoms with E-state index in [1.807, 2.05) is 42.5 Å². The molecule has 0 atom stereocenters. The molecule has 0 bridgehead atoms. The van der Waals surface area contributed by atoms with Crippen LogP contribution in [0.3, 0.4) is 0 Å². The van der Waals surface area contributed by atoms with Crippen LogP contribution in [0.2, 0.25) is 0 Å². The van der Waals surface area contributed by atoms with Gasteiger partial charge >= 0.3 is 0 Å². The van der Waals surface area contributed by atoms with E-state index in [2.05, 4.69) is 4.98 Å². The number of hydrogen-bond acceptors (Lipinski definition) is 4. The minimum atomic E-state index is -0.391. The van der Waals surface area contributed by atoms with E-state index in [-0.39, 0.29) is 24.1 Å². The highest BCUT2D eigenvalue weighted by Gasteiger charge is 2.19. The van der Waals surface area contributed by atoms with Crippen LogP contribution < -0.4 is 5.56 Å². The Bertz CT molecular complexity index is 1040. The Labute approximate surface area is 150 Å². The molecule has 0 N–H and O–H groups in total. The molecule has 1 amide bonds. The Kier molecular flexibility index (Phi) is 5.09. The van der Waals surface area contributed by atoms with Gasteiger partial charge in [0, 0.05) is 25.2 Å². The Balaban J connectivity index is 2.11. The quantitative estimate of drug-likeness (QED) is 0.711. The first-order valence-electron chi connectivity index (χ1n) is 8.26. The van der Waals surface area contributed by atoms with Gasteiger partial charge < -0.3 is 4.90 Å². The van der Waals surface area contributed by atoms with E-state index in [1.165, 1.54) is 9.47 Å². The molecule has 0 unspecified atom stereocenters. The predicted octanol–water partition coefficient (Wildman–Crippen LogP) is 2.43. The van der Waals surface area contributed by atoms with Gasteiger partial charge in [0.1, 0.15) is 11.2 Å². The van der Waals surface area contributed by atoms with Gasteiger partial charge in [-0.3, -0.25) is 14.2 Å². The predicted molar refractivity (Wildman–Crippen MR) is 98.7 cm³/mol. The lowest BCUT2D eigenvalue weighted by molar-refractivity contribution is 0.0796. The lowest BCUT2D eigenvalue weighted by Gasteiger charge is -2.17. The second kappa shape index (κ2) is 7.62. The van der Waals surface area contributed by atoms with Crippen LogP contribution in [0.15, 0.2) is 59.5 Å². The number of benzene rings is 1. The minimum absolute atomic E-state index is 0.0851. The molecule has 3 aromatic rings. The zero-order valence-electron chi connectivity index (χ0n) is 14.4. The Morgan fingerprint density at radius 3 is 2.73 bits per heavy atom. The highest BCUT2D eigenvalue weighted by Crippen LogP contribution is 2.14. The average Bonchev–Trinajstić information content (AvgIpc) is 2.68. The summed E-state index contributed by atoms with van der Waals surface area (Å²) in [5.41, 5.74) is 1.19. The smallest absolute Gasteiger partial charge is 0.265 e. The fraction of sp³-hybridized carbons (Fsp3) is 0.200. The van der Waals surface area contributed by atoms with Crippen molar-refractivity contribution in [3.05, 3.63) is 76.2 Å². The minimum Gasteiger partial charge on any atom is -0.341 e. The van der Waals surface area contributed by atoms with Crippen molar-refractivity contribution < 1.29 is 4.79 Å². The summed E-state index contributed by atoms with van der Waals surface area (Å²) in [5.74, 6) is -0.391. The third kappa shape index (κ3) is 3.47. The second-order valence-electron chi connectivity index (χ2n) is 5.99. The molecule has 0 spiro atoms. The summed E-state index contributed by atoms with van der Waals surface area (Å²) >= 11 is 0. The molecule has 0 saturated heterocycles. The number of rotatable bonds is 5. The van der Waals surface area contributed by atoms with Crippen molar-refractivity contribution in [2.45, 2.75) is 13.0 Å². The number of nitrogens with zero attached hydrogens (tertiary/aromatic N) is 4. The van der Waals surface area contributed by atoms with Crippen molar-refractivity contribution in [1.82, 2.24) is 14.5 Å². The van der Waals surface area contributed by atoms with Crippen LogP contribution >= 0.6 is 0 Å². The maximum atomic E-state index is 13.0. The second-order valence-corrected chi connectivity index (χ2v) is 5.99. The molecule has 6 heteroatoms. The molecule has 6 nitrogen and oxygen atoms in total. The molecule has 0 saturated carbocycles. The van der Waals surface area contributed by atoms with Gasteiger partial charge in [-0.05, 0) is 23.8 Å². The van der Waals surface area contributed by atoms with Crippen molar-refractivity contribution in [3.8, 4) is 6.07 Å². The van der Waals surface area contributed by atoms with E-state index in [4.69, 9.17) is 5.26 Å². The number of carbonyl (C=O) groups excluding carboxylic acids is 1. The van der Waals surface area contributed by atoms with Gasteiger partial charge in [-0.1, -0.05) is 30.3 Å². The van der Waals surface area contributed by atoms with Gasteiger partial charge in [-0.25, -0.2) is 4.98 Å². The molecule has 0 radical (unpaired) electrons. The van der Waals surface area contributed by atoms with Gasteiger partial charge in [0.25, 0.3) is 11.5 Å². The van der Waals surface area contributed by atoms with Crippen LogP contribution in [-0.4, -0.2) is 34.0 Å². The average molecular weight is 346 g/mol. The summed E-state index contributed by atoms with van der Waals surface area (Å²) in [6.07, 6.45) is 1.85. The summed E-state index contributed by atoms with van der Waals surface area (Å²) in [4.78, 5) is 31.4. The molecular weight excluding hydrogens is 328 g/mol. The lowest BCUT2D eigenvalue weighted by Crippen LogP contribution is -2.35. The van der Waals surface area contributed by atoms with Crippen LogP contribution in [0.5, 0.6) is 0 Å². The number of pyridine rings is 2. The molecule has 130 valence electrons. The van der Waals surface area contributed by atoms with Crippen molar-refractivity contribution >= 4 is 16.9 Å². The Morgan fingerprint density at radius 2 is 2.00 bits per heavy atom. The number of nitriles is 1. The number of carbonyl (C=O) groups is 1. The Hall–Kier alpha value is -3.46. The van der Waals surface area contributed by atoms with E-state index in [9.17, 15) is 9.59 Å². The maximum Gasteiger partial charge on any atom is 0.265 e. The molecule has 0 aliphatic carbocycles. The SMILES string of the molecule is CN(CCC#N)C(=O)c1cc2cccnc2n(Cc2ccccc2)c1=O. The zero-order valence-corrected chi connectivity index (χ0v) is 14.4. The van der Waals surface area contributed by atoms with Crippen molar-refractivity contribution in [3.63, 3.8) is 0 Å². The third-order valence-corrected chi connectivity index (χ3v) is 4.17. The van der Waals surface area contributed by atoms with Crippen molar-refractivity contribution in [1.29, 1.82) is 5.26 Å². The third-order valence-electron chi connectivity index (χ3n) is 4.17. The van der Waals surface area contributed by atoms with Gasteiger partial charge in [-0.2, -0.15) is 5.26 Å². The summed E-state index contributed by atoms with van der Waals surface area (Å²) in [5, 5.41) is 9.43. The first-order valence-corrected chi connectivity index (χ1v) is 8.26. The molecule has 26 heavy (non-hydrogen) atoms. The molecule has 2 heterocycles. The highest BCUT2D eigenvalue weighted by molar-refractivity contribution is 5.96. The van der Waals surface area contributed by atoms with Crippen molar-refractivity contribution in [2.24, 2.45) is 0 Å². The van der Waals surface area contributed by atoms with Crippen LogP contribution in [0.25, 0.3) is 11.0 Å². The monoisotopic (exact) mass is 346 g/mol. The molecule has 0 fully saturated rings. The van der Waals surface area contributed by atoms with Gasteiger partial charge in [0.05, 0.1) is 19.0 Å². The summed E-state index contributed by atoms with van der Waals surface area (Å²) < 4.78 is 1.52. The largest absolute Gasteiger partial charge is 0.341 e. The van der Waals surface area contributed by atoms with E-state index in [0.29, 0.717) is 12.2 Å². The molecule has 3 rings (SSSR count). The van der Waals surface area contributed by atoms with Crippen LogP contribution in [0.1, 0.15) is 22.3 Å². The summed E-state index contributed by atoms with van der Waals surface area (Å²) in [7, 11) is 1.59. The van der Waals surface area contributed by atoms with Gasteiger partial charge in [0.2, 0.25) is 0 Å². The standard InChI is InChI=1S/C20H18N4O2/c1-23(12-6-10-21)19(25)17-13-16-9-5-11-22-18(16)24(20(17)26)14-15-7-3-2-4-8-15/h2-5,7-9,11,13H,6,12,14H2,1H3. The van der Waals surface area contributed by atoms with E-state index in [0.717, 1.165) is 10.9 Å². The molecule has 0 aliphatic heterocycles. The van der Waals surface area contributed by atoms with E-state index >= 15 is 0 Å². The zero-order chi connectivity index (χ0) is 18.5. The highest BCUT2D eigenvalue weighted by atomic mass is 16.2. The van der Waals surface area contributed by atoms with Gasteiger partial charge in [0.15, 0.2) is 0 Å². The first-order chi connectivity index (χ1) is 12.6. The number of amides is 1. The van der Waals surface area contributed by atoms with Crippen LogP contribution in [-0.2, 0) is 6.54 Å². The molecule has 2 aromatic heterocycles. The molecule has 1 aromatic carbocycles. The first kappa shape index (κ1) is 17.4. The lowest BCUT2D eigenvalue weighted by atomic mass is 10.1. The Morgan fingerprint density at radius 1 is 1.23 bits per heavy atom. The topological polar surface area (TPSA) is 79.0 Å². The maximum absolute atomic E-state index is 13.0.